The van der Waals surface area contributed by atoms with Crippen LogP contribution in [-0.2, 0) is 4.79 Å². The molecule has 0 radical (unpaired) electrons. The molecule has 1 aromatic carbocycles. The number of ketones is 1. The van der Waals surface area contributed by atoms with Gasteiger partial charge in [0.1, 0.15) is 5.75 Å². The number of nitrogens with zero attached hydrogens (tertiary/aromatic N) is 1. The lowest BCUT2D eigenvalue weighted by Crippen LogP contribution is -3.12. The van der Waals surface area contributed by atoms with Crippen LogP contribution in [0.2, 0.25) is 0 Å². The van der Waals surface area contributed by atoms with Crippen molar-refractivity contribution in [3.8, 4) is 5.75 Å². The molecular formula is C22H26N2O4S. The molecule has 0 saturated heterocycles. The van der Waals surface area contributed by atoms with Gasteiger partial charge < -0.3 is 19.6 Å². The summed E-state index contributed by atoms with van der Waals surface area (Å²) in [5.74, 6) is -1.06. The Morgan fingerprint density at radius 2 is 2.00 bits per heavy atom. The number of Topliss-reactive ketones (excluding diaryl/α,β-unsaturated/α-hetero) is 1. The monoisotopic (exact) mass is 414 g/mol. The molecule has 0 bridgehead atoms. The maximum atomic E-state index is 13.1. The van der Waals surface area contributed by atoms with Gasteiger partial charge in [-0.2, -0.15) is 0 Å². The summed E-state index contributed by atoms with van der Waals surface area (Å²) >= 11 is 1.27. The third-order valence-corrected chi connectivity index (χ3v) is 6.26. The maximum Gasteiger partial charge on any atom is 0.240 e. The summed E-state index contributed by atoms with van der Waals surface area (Å²) in [7, 11) is 1.56. The van der Waals surface area contributed by atoms with Crippen LogP contribution < -0.4 is 14.7 Å². The predicted octanol–water partition coefficient (Wildman–Crippen LogP) is 1.06. The zero-order valence-corrected chi connectivity index (χ0v) is 17.8. The van der Waals surface area contributed by atoms with Crippen molar-refractivity contribution in [3.63, 3.8) is 0 Å². The van der Waals surface area contributed by atoms with Crippen molar-refractivity contribution in [1.29, 1.82) is 0 Å². The molecular weight excluding hydrogens is 388 g/mol. The molecule has 0 spiro atoms. The number of hydrogen-bond acceptors (Lipinski definition) is 5. The normalized spacial score (nSPS) is 16.8. The first-order chi connectivity index (χ1) is 14.0. The van der Waals surface area contributed by atoms with E-state index in [1.54, 1.807) is 41.7 Å². The minimum atomic E-state index is -0.703. The van der Waals surface area contributed by atoms with Gasteiger partial charge >= 0.3 is 0 Å². The molecule has 1 aliphatic heterocycles. The standard InChI is InChI=1S/C22H26N2O4S/c1-4-23(5-2)11-12-24-19(15-8-6-9-16(14-15)28-3)18(21(26)22(24)27)20(25)17-10-7-13-29-17/h6-10,13-14,19,26H,4-5,11-12H2,1-3H3. The highest BCUT2D eigenvalue weighted by molar-refractivity contribution is 7.12. The van der Waals surface area contributed by atoms with Gasteiger partial charge in [-0.1, -0.05) is 18.2 Å². The van der Waals surface area contributed by atoms with Crippen molar-refractivity contribution in [3.05, 3.63) is 63.6 Å². The van der Waals surface area contributed by atoms with Crippen LogP contribution >= 0.6 is 11.3 Å². The van der Waals surface area contributed by atoms with Gasteiger partial charge in [0.05, 0.1) is 44.2 Å². The van der Waals surface area contributed by atoms with Crippen LogP contribution in [0.15, 0.2) is 53.1 Å². The fourth-order valence-electron chi connectivity index (χ4n) is 3.68. The number of likely N-dealkylation sites (N-methyl/N-ethyl adjacent to an activating group) is 1. The van der Waals surface area contributed by atoms with E-state index in [2.05, 4.69) is 13.8 Å². The molecule has 154 valence electrons. The quantitative estimate of drug-likeness (QED) is 0.623. The first-order valence-electron chi connectivity index (χ1n) is 9.79. The predicted molar refractivity (Wildman–Crippen MR) is 110 cm³/mol. The van der Waals surface area contributed by atoms with Crippen molar-refractivity contribution in [2.75, 3.05) is 33.3 Å². The average molecular weight is 415 g/mol. The summed E-state index contributed by atoms with van der Waals surface area (Å²) in [5.41, 5.74) is 0.734. The zero-order valence-electron chi connectivity index (χ0n) is 16.9. The Balaban J connectivity index is 2.02. The van der Waals surface area contributed by atoms with Crippen molar-refractivity contribution >= 4 is 23.0 Å². The van der Waals surface area contributed by atoms with Gasteiger partial charge in [-0.3, -0.25) is 9.59 Å². The van der Waals surface area contributed by atoms with Gasteiger partial charge in [0.15, 0.2) is 0 Å². The van der Waals surface area contributed by atoms with Crippen molar-refractivity contribution < 1.29 is 24.3 Å². The first-order valence-corrected chi connectivity index (χ1v) is 10.7. The summed E-state index contributed by atoms with van der Waals surface area (Å²) in [4.78, 5) is 29.4. The highest BCUT2D eigenvalue weighted by atomic mass is 32.1. The molecule has 2 aromatic rings. The van der Waals surface area contributed by atoms with Crippen molar-refractivity contribution in [1.82, 2.24) is 4.90 Å². The van der Waals surface area contributed by atoms with Crippen LogP contribution in [0.3, 0.4) is 0 Å². The van der Waals surface area contributed by atoms with Crippen LogP contribution in [0.25, 0.3) is 0 Å². The highest BCUT2D eigenvalue weighted by Gasteiger charge is 2.40. The number of carbonyl (C=O) groups is 2. The molecule has 6 nitrogen and oxygen atoms in total. The third-order valence-electron chi connectivity index (χ3n) is 5.39. The van der Waals surface area contributed by atoms with Gasteiger partial charge in [0, 0.05) is 5.57 Å². The number of nitrogens with one attached hydrogen (secondary N) is 1. The molecule has 0 fully saturated rings. The number of hydrogen-bond donors (Lipinski definition) is 1. The van der Waals surface area contributed by atoms with E-state index in [4.69, 9.17) is 4.74 Å². The van der Waals surface area contributed by atoms with Crippen LogP contribution in [0.5, 0.6) is 5.75 Å². The Morgan fingerprint density at radius 3 is 2.62 bits per heavy atom. The summed E-state index contributed by atoms with van der Waals surface area (Å²) in [6.07, 6.45) is 0. The molecule has 0 aliphatic carbocycles. The number of quaternary nitrogens is 1. The molecule has 1 unspecified atom stereocenters. The highest BCUT2D eigenvalue weighted by Crippen LogP contribution is 2.39. The molecule has 1 N–H and O–H groups in total. The maximum absolute atomic E-state index is 13.1. The van der Waals surface area contributed by atoms with E-state index in [1.807, 2.05) is 12.1 Å². The largest absolute Gasteiger partial charge is 0.868 e. The number of methoxy groups -OCH3 is 1. The number of ether oxygens (including phenoxy) is 1. The van der Waals surface area contributed by atoms with E-state index < -0.39 is 17.7 Å². The van der Waals surface area contributed by atoms with Gasteiger partial charge in [-0.15, -0.1) is 11.3 Å². The van der Waals surface area contributed by atoms with Gasteiger partial charge in [-0.25, -0.2) is 0 Å². The Labute approximate surface area is 175 Å². The van der Waals surface area contributed by atoms with E-state index in [1.165, 1.54) is 16.2 Å². The Kier molecular flexibility index (Phi) is 6.71. The van der Waals surface area contributed by atoms with Crippen molar-refractivity contribution in [2.45, 2.75) is 19.9 Å². The lowest BCUT2D eigenvalue weighted by Gasteiger charge is -2.29. The second-order valence-electron chi connectivity index (χ2n) is 6.93. The summed E-state index contributed by atoms with van der Waals surface area (Å²) in [5, 5.41) is 14.7. The van der Waals surface area contributed by atoms with E-state index in [9.17, 15) is 14.7 Å². The number of carbonyl (C=O) groups excluding carboxylic acids is 2. The Bertz CT molecular complexity index is 903. The Morgan fingerprint density at radius 1 is 1.24 bits per heavy atom. The molecule has 2 heterocycles. The molecule has 1 aliphatic rings. The van der Waals surface area contributed by atoms with Gasteiger partial charge in [0.25, 0.3) is 0 Å². The van der Waals surface area contributed by atoms with Gasteiger partial charge in [0.2, 0.25) is 11.7 Å². The smallest absolute Gasteiger partial charge is 0.240 e. The number of amides is 1. The summed E-state index contributed by atoms with van der Waals surface area (Å²) in [6, 6.07) is 9.98. The van der Waals surface area contributed by atoms with Crippen LogP contribution in [0.4, 0.5) is 0 Å². The van der Waals surface area contributed by atoms with E-state index >= 15 is 0 Å². The second kappa shape index (κ2) is 9.24. The number of rotatable bonds is 9. The first kappa shape index (κ1) is 21.1. The van der Waals surface area contributed by atoms with E-state index in [0.717, 1.165) is 13.1 Å². The summed E-state index contributed by atoms with van der Waals surface area (Å²) < 4.78 is 5.32. The van der Waals surface area contributed by atoms with Crippen LogP contribution in [0, 0.1) is 0 Å². The molecule has 1 aromatic heterocycles. The summed E-state index contributed by atoms with van der Waals surface area (Å²) in [6.45, 7) is 7.17. The van der Waals surface area contributed by atoms with E-state index in [-0.39, 0.29) is 11.4 Å². The molecule has 7 heteroatoms. The van der Waals surface area contributed by atoms with E-state index in [0.29, 0.717) is 29.3 Å². The Hall–Kier alpha value is -2.64. The molecule has 29 heavy (non-hydrogen) atoms. The lowest BCUT2D eigenvalue weighted by atomic mass is 9.95. The molecule has 3 rings (SSSR count). The second-order valence-corrected chi connectivity index (χ2v) is 7.88. The minimum absolute atomic E-state index is 0.0280. The van der Waals surface area contributed by atoms with Crippen molar-refractivity contribution in [2.24, 2.45) is 0 Å². The molecule has 1 amide bonds. The third kappa shape index (κ3) is 4.21. The van der Waals surface area contributed by atoms with Crippen LogP contribution in [-0.4, -0.2) is 49.9 Å². The fourth-order valence-corrected chi connectivity index (χ4v) is 4.36. The number of thiophene rings is 1. The zero-order chi connectivity index (χ0) is 21.0. The lowest BCUT2D eigenvalue weighted by molar-refractivity contribution is -0.895. The minimum Gasteiger partial charge on any atom is -0.868 e. The fraction of sp³-hybridized carbons (Fsp3) is 0.364. The molecule has 1 atom stereocenters. The van der Waals surface area contributed by atoms with Crippen LogP contribution in [0.1, 0.15) is 35.1 Å². The van der Waals surface area contributed by atoms with Gasteiger partial charge in [-0.05, 0) is 48.7 Å². The average Bonchev–Trinajstić information content (AvgIpc) is 3.37. The SMILES string of the molecule is CC[NH+](CC)CCN1C(=O)C([O-])=C(C(=O)c2cccs2)C1c1cccc(OC)c1. The molecule has 0 saturated carbocycles. The topological polar surface area (TPSA) is 74.1 Å². The number of benzene rings is 1.